The van der Waals surface area contributed by atoms with Crippen LogP contribution in [0, 0.1) is 12.7 Å². The Kier molecular flexibility index (Phi) is 6.06. The lowest BCUT2D eigenvalue weighted by atomic mass is 10.1. The number of carbonyl (C=O) groups is 2. The quantitative estimate of drug-likeness (QED) is 0.600. The van der Waals surface area contributed by atoms with Gasteiger partial charge in [-0.3, -0.25) is 9.59 Å². The molecule has 0 saturated carbocycles. The fourth-order valence-corrected chi connectivity index (χ4v) is 2.54. The highest BCUT2D eigenvalue weighted by Crippen LogP contribution is 2.18. The molecule has 0 aliphatic rings. The number of aromatic nitrogens is 2. The SMILES string of the molecule is Cc1cc(Nc2ccc(NC(=O)CCC(=O)c3ccc(F)cc3)cc2)ncn1. The highest BCUT2D eigenvalue weighted by Gasteiger charge is 2.10. The van der Waals surface area contributed by atoms with Crippen LogP contribution in [0.5, 0.6) is 0 Å². The summed E-state index contributed by atoms with van der Waals surface area (Å²) in [7, 11) is 0. The van der Waals surface area contributed by atoms with Crippen LogP contribution in [-0.4, -0.2) is 21.7 Å². The van der Waals surface area contributed by atoms with E-state index in [2.05, 4.69) is 20.6 Å². The van der Waals surface area contributed by atoms with Gasteiger partial charge in [0.2, 0.25) is 5.91 Å². The Bertz CT molecular complexity index is 972. The maximum Gasteiger partial charge on any atom is 0.224 e. The molecule has 0 saturated heterocycles. The Morgan fingerprint density at radius 3 is 2.29 bits per heavy atom. The van der Waals surface area contributed by atoms with E-state index in [-0.39, 0.29) is 24.5 Å². The summed E-state index contributed by atoms with van der Waals surface area (Å²) >= 11 is 0. The molecule has 142 valence electrons. The second-order valence-corrected chi connectivity index (χ2v) is 6.23. The zero-order chi connectivity index (χ0) is 19.9. The van der Waals surface area contributed by atoms with Crippen LogP contribution in [0.1, 0.15) is 28.9 Å². The van der Waals surface area contributed by atoms with E-state index in [4.69, 9.17) is 0 Å². The fraction of sp³-hybridized carbons (Fsp3) is 0.143. The molecule has 0 aliphatic carbocycles. The van der Waals surface area contributed by atoms with E-state index >= 15 is 0 Å². The minimum absolute atomic E-state index is 0.0520. The third kappa shape index (κ3) is 5.44. The number of aryl methyl sites for hydroxylation is 1. The van der Waals surface area contributed by atoms with E-state index in [9.17, 15) is 14.0 Å². The summed E-state index contributed by atoms with van der Waals surface area (Å²) in [6, 6.07) is 14.3. The monoisotopic (exact) mass is 378 g/mol. The van der Waals surface area contributed by atoms with Crippen molar-refractivity contribution in [3.63, 3.8) is 0 Å². The molecule has 3 aromatic rings. The molecule has 0 bridgehead atoms. The van der Waals surface area contributed by atoms with Crippen LogP contribution in [0.25, 0.3) is 0 Å². The molecule has 1 aromatic heterocycles. The summed E-state index contributed by atoms with van der Waals surface area (Å²) in [5, 5.41) is 5.91. The number of Topliss-reactive ketones (excluding diaryl/α,β-unsaturated/α-hetero) is 1. The molecule has 0 fully saturated rings. The van der Waals surface area contributed by atoms with E-state index in [1.54, 1.807) is 12.1 Å². The van der Waals surface area contributed by atoms with E-state index in [1.807, 2.05) is 25.1 Å². The maximum atomic E-state index is 12.9. The summed E-state index contributed by atoms with van der Waals surface area (Å²) in [5.74, 6) is -0.178. The number of hydrogen-bond donors (Lipinski definition) is 2. The van der Waals surface area contributed by atoms with Crippen molar-refractivity contribution in [3.05, 3.63) is 78.0 Å². The molecule has 1 amide bonds. The normalized spacial score (nSPS) is 10.4. The molecule has 1 heterocycles. The van der Waals surface area contributed by atoms with Gasteiger partial charge in [0.25, 0.3) is 0 Å². The fourth-order valence-electron chi connectivity index (χ4n) is 2.54. The van der Waals surface area contributed by atoms with Crippen molar-refractivity contribution < 1.29 is 14.0 Å². The largest absolute Gasteiger partial charge is 0.340 e. The lowest BCUT2D eigenvalue weighted by Crippen LogP contribution is -2.13. The molecule has 28 heavy (non-hydrogen) atoms. The lowest BCUT2D eigenvalue weighted by molar-refractivity contribution is -0.116. The maximum absolute atomic E-state index is 12.9. The Balaban J connectivity index is 1.50. The van der Waals surface area contributed by atoms with Gasteiger partial charge in [-0.25, -0.2) is 14.4 Å². The van der Waals surface area contributed by atoms with Gasteiger partial charge < -0.3 is 10.6 Å². The van der Waals surface area contributed by atoms with Crippen LogP contribution in [0.4, 0.5) is 21.6 Å². The molecule has 0 aliphatic heterocycles. The molecule has 2 N–H and O–H groups in total. The molecule has 6 nitrogen and oxygen atoms in total. The van der Waals surface area contributed by atoms with Gasteiger partial charge in [0.15, 0.2) is 5.78 Å². The number of rotatable bonds is 7. The number of nitrogens with zero attached hydrogens (tertiary/aromatic N) is 2. The summed E-state index contributed by atoms with van der Waals surface area (Å²) in [6.07, 6.45) is 1.60. The van der Waals surface area contributed by atoms with Crippen molar-refractivity contribution in [3.8, 4) is 0 Å². The molecule has 0 unspecified atom stereocenters. The minimum atomic E-state index is -0.401. The minimum Gasteiger partial charge on any atom is -0.340 e. The average Bonchev–Trinajstić information content (AvgIpc) is 2.68. The van der Waals surface area contributed by atoms with Gasteiger partial charge in [0.1, 0.15) is 18.0 Å². The second kappa shape index (κ2) is 8.85. The topological polar surface area (TPSA) is 84.0 Å². The van der Waals surface area contributed by atoms with Gasteiger partial charge in [-0.05, 0) is 55.5 Å². The van der Waals surface area contributed by atoms with Crippen LogP contribution in [0.2, 0.25) is 0 Å². The Morgan fingerprint density at radius 2 is 1.61 bits per heavy atom. The predicted molar refractivity (Wildman–Crippen MR) is 105 cm³/mol. The lowest BCUT2D eigenvalue weighted by Gasteiger charge is -2.08. The third-order valence-electron chi connectivity index (χ3n) is 3.99. The highest BCUT2D eigenvalue weighted by atomic mass is 19.1. The van der Waals surface area contributed by atoms with Gasteiger partial charge in [-0.1, -0.05) is 0 Å². The van der Waals surface area contributed by atoms with Gasteiger partial charge in [-0.2, -0.15) is 0 Å². The number of nitrogens with one attached hydrogen (secondary N) is 2. The van der Waals surface area contributed by atoms with Crippen molar-refractivity contribution in [2.24, 2.45) is 0 Å². The standard InChI is InChI=1S/C21H19FN4O2/c1-14-12-20(24-13-23-14)25-17-6-8-18(9-7-17)26-21(28)11-10-19(27)15-2-4-16(22)5-3-15/h2-9,12-13H,10-11H2,1H3,(H,26,28)(H,23,24,25). The Morgan fingerprint density at radius 1 is 0.929 bits per heavy atom. The zero-order valence-electron chi connectivity index (χ0n) is 15.3. The molecule has 7 heteroatoms. The third-order valence-corrected chi connectivity index (χ3v) is 3.99. The van der Waals surface area contributed by atoms with Gasteiger partial charge >= 0.3 is 0 Å². The molecule has 0 radical (unpaired) electrons. The van der Waals surface area contributed by atoms with Crippen molar-refractivity contribution >= 4 is 28.9 Å². The predicted octanol–water partition coefficient (Wildman–Crippen LogP) is 4.27. The molecule has 2 aromatic carbocycles. The van der Waals surface area contributed by atoms with E-state index in [0.717, 1.165) is 11.4 Å². The van der Waals surface area contributed by atoms with Crippen molar-refractivity contribution in [1.82, 2.24) is 9.97 Å². The van der Waals surface area contributed by atoms with Crippen molar-refractivity contribution in [2.75, 3.05) is 10.6 Å². The van der Waals surface area contributed by atoms with Crippen LogP contribution in [0.3, 0.4) is 0 Å². The molecular formula is C21H19FN4O2. The van der Waals surface area contributed by atoms with Gasteiger partial charge in [-0.15, -0.1) is 0 Å². The van der Waals surface area contributed by atoms with E-state index in [1.165, 1.54) is 30.6 Å². The Hall–Kier alpha value is -3.61. The van der Waals surface area contributed by atoms with Gasteiger partial charge in [0.05, 0.1) is 0 Å². The first kappa shape index (κ1) is 19.2. The zero-order valence-corrected chi connectivity index (χ0v) is 15.3. The summed E-state index contributed by atoms with van der Waals surface area (Å²) < 4.78 is 12.9. The van der Waals surface area contributed by atoms with Crippen molar-refractivity contribution in [2.45, 2.75) is 19.8 Å². The average molecular weight is 378 g/mol. The summed E-state index contributed by atoms with van der Waals surface area (Å²) in [4.78, 5) is 32.3. The van der Waals surface area contributed by atoms with Crippen molar-refractivity contribution in [1.29, 1.82) is 0 Å². The molecule has 0 spiro atoms. The number of carbonyl (C=O) groups excluding carboxylic acids is 2. The molecule has 3 rings (SSSR count). The van der Waals surface area contributed by atoms with Crippen LogP contribution >= 0.6 is 0 Å². The first-order valence-corrected chi connectivity index (χ1v) is 8.74. The van der Waals surface area contributed by atoms with Crippen LogP contribution < -0.4 is 10.6 Å². The first-order valence-electron chi connectivity index (χ1n) is 8.74. The van der Waals surface area contributed by atoms with Crippen LogP contribution in [-0.2, 0) is 4.79 Å². The summed E-state index contributed by atoms with van der Waals surface area (Å²) in [6.45, 7) is 1.88. The van der Waals surface area contributed by atoms with Gasteiger partial charge in [0, 0.05) is 41.5 Å². The smallest absolute Gasteiger partial charge is 0.224 e. The van der Waals surface area contributed by atoms with E-state index < -0.39 is 5.82 Å². The number of anilines is 3. The number of benzene rings is 2. The summed E-state index contributed by atoms with van der Waals surface area (Å²) in [5.41, 5.74) is 2.70. The highest BCUT2D eigenvalue weighted by molar-refractivity contribution is 6.00. The number of amides is 1. The van der Waals surface area contributed by atoms with E-state index in [0.29, 0.717) is 17.1 Å². The number of hydrogen-bond acceptors (Lipinski definition) is 5. The Labute approximate surface area is 161 Å². The molecular weight excluding hydrogens is 359 g/mol. The molecule has 0 atom stereocenters. The first-order chi connectivity index (χ1) is 13.5. The van der Waals surface area contributed by atoms with Crippen LogP contribution in [0.15, 0.2) is 60.9 Å². The second-order valence-electron chi connectivity index (χ2n) is 6.23. The number of ketones is 1. The number of halogens is 1.